The molecule has 18 heavy (non-hydrogen) atoms. The first-order valence-electron chi connectivity index (χ1n) is 6.27. The van der Waals surface area contributed by atoms with Gasteiger partial charge in [0.2, 0.25) is 5.91 Å². The molecular weight excluding hydrogens is 226 g/mol. The number of nitrogens with zero attached hydrogens (tertiary/aromatic N) is 1. The summed E-state index contributed by atoms with van der Waals surface area (Å²) in [7, 11) is 0. The van der Waals surface area contributed by atoms with Crippen LogP contribution in [0.25, 0.3) is 0 Å². The highest BCUT2D eigenvalue weighted by atomic mass is 16.5. The van der Waals surface area contributed by atoms with Crippen LogP contribution in [0, 0.1) is 0 Å². The van der Waals surface area contributed by atoms with Gasteiger partial charge in [-0.3, -0.25) is 4.79 Å². The summed E-state index contributed by atoms with van der Waals surface area (Å²) in [5, 5.41) is 0. The number of amides is 1. The van der Waals surface area contributed by atoms with E-state index in [1.165, 1.54) is 0 Å². The average Bonchev–Trinajstić information content (AvgIpc) is 2.39. The van der Waals surface area contributed by atoms with Crippen molar-refractivity contribution in [3.05, 3.63) is 47.5 Å². The predicted molar refractivity (Wildman–Crippen MR) is 71.1 cm³/mol. The molecule has 0 spiro atoms. The lowest BCUT2D eigenvalue weighted by Crippen LogP contribution is -2.41. The van der Waals surface area contributed by atoms with E-state index >= 15 is 0 Å². The molecule has 0 aromatic heterocycles. The van der Waals surface area contributed by atoms with E-state index in [2.05, 4.69) is 0 Å². The maximum atomic E-state index is 12.0. The van der Waals surface area contributed by atoms with Crippen molar-refractivity contribution < 1.29 is 9.53 Å². The number of rotatable bonds is 2. The summed E-state index contributed by atoms with van der Waals surface area (Å²) in [6.45, 7) is 5.78. The topological polar surface area (TPSA) is 29.5 Å². The molecule has 1 aromatic carbocycles. The summed E-state index contributed by atoms with van der Waals surface area (Å²) < 4.78 is 5.73. The van der Waals surface area contributed by atoms with E-state index in [-0.39, 0.29) is 12.0 Å². The molecule has 1 atom stereocenters. The third-order valence-electron chi connectivity index (χ3n) is 2.96. The zero-order valence-corrected chi connectivity index (χ0v) is 10.9. The Balaban J connectivity index is 2.05. The fraction of sp³-hybridized carbons (Fsp3) is 0.400. The lowest BCUT2D eigenvalue weighted by Gasteiger charge is -2.32. The van der Waals surface area contributed by atoms with Crippen LogP contribution in [0.4, 0.5) is 0 Å². The lowest BCUT2D eigenvalue weighted by atomic mass is 10.1. The van der Waals surface area contributed by atoms with E-state index in [0.717, 1.165) is 11.1 Å². The molecule has 1 aromatic rings. The Kier molecular flexibility index (Phi) is 4.15. The van der Waals surface area contributed by atoms with Crippen LogP contribution < -0.4 is 0 Å². The summed E-state index contributed by atoms with van der Waals surface area (Å²) >= 11 is 0. The molecule has 1 heterocycles. The van der Waals surface area contributed by atoms with Crippen molar-refractivity contribution in [3.8, 4) is 0 Å². The van der Waals surface area contributed by atoms with Crippen LogP contribution in [0.3, 0.4) is 0 Å². The maximum Gasteiger partial charge on any atom is 0.246 e. The molecule has 0 bridgehead atoms. The molecule has 1 aliphatic heterocycles. The molecule has 0 radical (unpaired) electrons. The SMILES string of the molecule is CC(C)=CC(=O)N1CCOC(c2ccccc2)C1. The van der Waals surface area contributed by atoms with E-state index in [4.69, 9.17) is 4.74 Å². The van der Waals surface area contributed by atoms with Gasteiger partial charge >= 0.3 is 0 Å². The molecule has 1 saturated heterocycles. The Hall–Kier alpha value is -1.61. The van der Waals surface area contributed by atoms with Crippen molar-refractivity contribution in [1.29, 1.82) is 0 Å². The predicted octanol–water partition coefficient (Wildman–Crippen LogP) is 2.55. The zero-order valence-electron chi connectivity index (χ0n) is 10.9. The molecule has 1 unspecified atom stereocenters. The largest absolute Gasteiger partial charge is 0.370 e. The van der Waals surface area contributed by atoms with Gasteiger partial charge in [0.25, 0.3) is 0 Å². The van der Waals surface area contributed by atoms with Crippen LogP contribution in [0.2, 0.25) is 0 Å². The van der Waals surface area contributed by atoms with Gasteiger partial charge in [-0.2, -0.15) is 0 Å². The van der Waals surface area contributed by atoms with Gasteiger partial charge in [-0.15, -0.1) is 0 Å². The number of benzene rings is 1. The number of carbonyl (C=O) groups is 1. The second-order valence-electron chi connectivity index (χ2n) is 4.78. The van der Waals surface area contributed by atoms with Gasteiger partial charge in [0.1, 0.15) is 6.10 Å². The van der Waals surface area contributed by atoms with Gasteiger partial charge in [-0.25, -0.2) is 0 Å². The Labute approximate surface area is 108 Å². The molecule has 0 aliphatic carbocycles. The zero-order chi connectivity index (χ0) is 13.0. The molecule has 3 heteroatoms. The standard InChI is InChI=1S/C15H19NO2/c1-12(2)10-15(17)16-8-9-18-14(11-16)13-6-4-3-5-7-13/h3-7,10,14H,8-9,11H2,1-2H3. The fourth-order valence-electron chi connectivity index (χ4n) is 2.06. The van der Waals surface area contributed by atoms with Crippen LogP contribution in [0.15, 0.2) is 42.0 Å². The van der Waals surface area contributed by atoms with Gasteiger partial charge in [0, 0.05) is 12.6 Å². The van der Waals surface area contributed by atoms with Gasteiger partial charge in [0.05, 0.1) is 13.2 Å². The Morgan fingerprint density at radius 1 is 1.33 bits per heavy atom. The van der Waals surface area contributed by atoms with Crippen molar-refractivity contribution in [2.45, 2.75) is 20.0 Å². The highest BCUT2D eigenvalue weighted by molar-refractivity contribution is 5.88. The number of hydrogen-bond donors (Lipinski definition) is 0. The van der Waals surface area contributed by atoms with Gasteiger partial charge in [-0.05, 0) is 19.4 Å². The van der Waals surface area contributed by atoms with E-state index in [1.54, 1.807) is 6.08 Å². The summed E-state index contributed by atoms with van der Waals surface area (Å²) in [6, 6.07) is 10.1. The third-order valence-corrected chi connectivity index (χ3v) is 2.96. The van der Waals surface area contributed by atoms with E-state index in [1.807, 2.05) is 49.1 Å². The minimum absolute atomic E-state index is 0.00513. The molecule has 0 N–H and O–H groups in total. The number of allylic oxidation sites excluding steroid dienone is 1. The molecule has 96 valence electrons. The van der Waals surface area contributed by atoms with Crippen molar-refractivity contribution in [3.63, 3.8) is 0 Å². The van der Waals surface area contributed by atoms with E-state index in [9.17, 15) is 4.79 Å². The maximum absolute atomic E-state index is 12.0. The Morgan fingerprint density at radius 2 is 2.06 bits per heavy atom. The smallest absolute Gasteiger partial charge is 0.246 e. The number of morpholine rings is 1. The molecular formula is C15H19NO2. The average molecular weight is 245 g/mol. The fourth-order valence-corrected chi connectivity index (χ4v) is 2.06. The van der Waals surface area contributed by atoms with Crippen molar-refractivity contribution in [2.24, 2.45) is 0 Å². The number of carbonyl (C=O) groups excluding carboxylic acids is 1. The van der Waals surface area contributed by atoms with Crippen LogP contribution in [0.1, 0.15) is 25.5 Å². The second kappa shape index (κ2) is 5.83. The second-order valence-corrected chi connectivity index (χ2v) is 4.78. The van der Waals surface area contributed by atoms with Crippen molar-refractivity contribution in [2.75, 3.05) is 19.7 Å². The summed E-state index contributed by atoms with van der Waals surface area (Å²) in [5.74, 6) is 0.0826. The lowest BCUT2D eigenvalue weighted by molar-refractivity contribution is -0.133. The number of hydrogen-bond acceptors (Lipinski definition) is 2. The van der Waals surface area contributed by atoms with Crippen molar-refractivity contribution in [1.82, 2.24) is 4.90 Å². The highest BCUT2D eigenvalue weighted by Crippen LogP contribution is 2.22. The Morgan fingerprint density at radius 3 is 2.72 bits per heavy atom. The Bertz CT molecular complexity index is 435. The molecule has 1 aliphatic rings. The minimum atomic E-state index is -0.00513. The summed E-state index contributed by atoms with van der Waals surface area (Å²) in [4.78, 5) is 13.8. The molecule has 0 saturated carbocycles. The summed E-state index contributed by atoms with van der Waals surface area (Å²) in [5.41, 5.74) is 2.16. The monoisotopic (exact) mass is 245 g/mol. The molecule has 3 nitrogen and oxygen atoms in total. The minimum Gasteiger partial charge on any atom is -0.370 e. The van der Waals surface area contributed by atoms with Gasteiger partial charge in [0.15, 0.2) is 0 Å². The molecule has 1 fully saturated rings. The highest BCUT2D eigenvalue weighted by Gasteiger charge is 2.24. The van der Waals surface area contributed by atoms with Crippen LogP contribution in [-0.4, -0.2) is 30.5 Å². The van der Waals surface area contributed by atoms with Crippen LogP contribution in [0.5, 0.6) is 0 Å². The van der Waals surface area contributed by atoms with Gasteiger partial charge < -0.3 is 9.64 Å². The van der Waals surface area contributed by atoms with Crippen molar-refractivity contribution >= 4 is 5.91 Å². The molecule has 1 amide bonds. The first-order valence-corrected chi connectivity index (χ1v) is 6.27. The van der Waals surface area contributed by atoms with Gasteiger partial charge in [-0.1, -0.05) is 35.9 Å². The third kappa shape index (κ3) is 3.20. The van der Waals surface area contributed by atoms with Crippen LogP contribution in [-0.2, 0) is 9.53 Å². The summed E-state index contributed by atoms with van der Waals surface area (Å²) in [6.07, 6.45) is 1.68. The quantitative estimate of drug-likeness (QED) is 0.749. The molecule has 2 rings (SSSR count). The number of ether oxygens (including phenoxy) is 1. The van der Waals surface area contributed by atoms with E-state index < -0.39 is 0 Å². The van der Waals surface area contributed by atoms with E-state index in [0.29, 0.717) is 19.7 Å². The normalized spacial score (nSPS) is 19.4. The van der Waals surface area contributed by atoms with Crippen LogP contribution >= 0.6 is 0 Å². The first-order chi connectivity index (χ1) is 8.66. The first kappa shape index (κ1) is 12.8.